The fourth-order valence-corrected chi connectivity index (χ4v) is 5.73. The Morgan fingerprint density at radius 2 is 1.94 bits per heavy atom. The van der Waals surface area contributed by atoms with Crippen LogP contribution in [0.4, 0.5) is 14.6 Å². The summed E-state index contributed by atoms with van der Waals surface area (Å²) in [5.41, 5.74) is 0.683. The van der Waals surface area contributed by atoms with E-state index in [0.29, 0.717) is 23.1 Å². The standard InChI is InChI=1S/C23H26F2N6O2/c1-31-21-15(10-13(24)11-27-21)17(30-31)20-26-12-16(25)19(29-20)28-18-14(22(32)33-2)6-5-9-23(18)7-3-4-8-23/h10-12,14,18H,3-9H2,1-2H3,(H,26,28,29)/t14-,18+/m0/s1. The summed E-state index contributed by atoms with van der Waals surface area (Å²) in [6, 6.07) is 1.02. The lowest BCUT2D eigenvalue weighted by Gasteiger charge is -2.45. The van der Waals surface area contributed by atoms with Crippen molar-refractivity contribution in [3.63, 3.8) is 0 Å². The summed E-state index contributed by atoms with van der Waals surface area (Å²) in [6.45, 7) is 0. The van der Waals surface area contributed by atoms with Crippen molar-refractivity contribution in [1.29, 1.82) is 0 Å². The van der Waals surface area contributed by atoms with Crippen molar-refractivity contribution in [3.05, 3.63) is 30.1 Å². The fourth-order valence-electron chi connectivity index (χ4n) is 5.73. The van der Waals surface area contributed by atoms with Gasteiger partial charge < -0.3 is 10.1 Å². The Hall–Kier alpha value is -3.17. The second-order valence-corrected chi connectivity index (χ2v) is 9.10. The lowest BCUT2D eigenvalue weighted by atomic mass is 9.64. The second-order valence-electron chi connectivity index (χ2n) is 9.10. The number of rotatable bonds is 4. The summed E-state index contributed by atoms with van der Waals surface area (Å²) in [5.74, 6) is -1.63. The quantitative estimate of drug-likeness (QED) is 0.593. The minimum absolute atomic E-state index is 0.00948. The number of halogens is 2. The van der Waals surface area contributed by atoms with Crippen molar-refractivity contribution in [1.82, 2.24) is 24.7 Å². The van der Waals surface area contributed by atoms with E-state index in [1.165, 1.54) is 17.9 Å². The number of ether oxygens (including phenoxy) is 1. The maximum atomic E-state index is 14.9. The molecule has 0 aliphatic heterocycles. The first-order valence-corrected chi connectivity index (χ1v) is 11.3. The molecule has 2 saturated carbocycles. The van der Waals surface area contributed by atoms with E-state index < -0.39 is 11.6 Å². The number of nitrogens with one attached hydrogen (secondary N) is 1. The fraction of sp³-hybridized carbons (Fsp3) is 0.522. The molecule has 2 atom stereocenters. The zero-order valence-electron chi connectivity index (χ0n) is 18.6. The molecule has 1 N–H and O–H groups in total. The molecule has 5 rings (SSSR count). The number of anilines is 1. The van der Waals surface area contributed by atoms with Crippen molar-refractivity contribution in [3.8, 4) is 11.5 Å². The summed E-state index contributed by atoms with van der Waals surface area (Å²) in [6.07, 6.45) is 8.92. The topological polar surface area (TPSA) is 94.8 Å². The molecule has 33 heavy (non-hydrogen) atoms. The van der Waals surface area contributed by atoms with Crippen molar-refractivity contribution in [2.24, 2.45) is 18.4 Å². The van der Waals surface area contributed by atoms with Crippen LogP contribution in [0.25, 0.3) is 22.6 Å². The van der Waals surface area contributed by atoms with Crippen molar-refractivity contribution in [2.75, 3.05) is 12.4 Å². The normalized spacial score (nSPS) is 22.1. The average Bonchev–Trinajstić information content (AvgIpc) is 3.41. The van der Waals surface area contributed by atoms with Crippen molar-refractivity contribution >= 4 is 22.8 Å². The number of hydrogen-bond acceptors (Lipinski definition) is 7. The van der Waals surface area contributed by atoms with Crippen molar-refractivity contribution < 1.29 is 18.3 Å². The third-order valence-corrected chi connectivity index (χ3v) is 7.25. The molecule has 0 bridgehead atoms. The summed E-state index contributed by atoms with van der Waals surface area (Å²) in [5, 5.41) is 8.09. The molecule has 10 heteroatoms. The molecular formula is C23H26F2N6O2. The number of hydrogen-bond donors (Lipinski definition) is 1. The highest BCUT2D eigenvalue weighted by atomic mass is 19.1. The lowest BCUT2D eigenvalue weighted by Crippen LogP contribution is -2.50. The zero-order valence-corrected chi connectivity index (χ0v) is 18.6. The van der Waals surface area contributed by atoms with Crippen LogP contribution in [-0.4, -0.2) is 43.9 Å². The Kier molecular flexibility index (Phi) is 5.46. The van der Waals surface area contributed by atoms with Gasteiger partial charge in [0, 0.05) is 13.1 Å². The molecule has 8 nitrogen and oxygen atoms in total. The van der Waals surface area contributed by atoms with Crippen LogP contribution < -0.4 is 5.32 Å². The van der Waals surface area contributed by atoms with Gasteiger partial charge in [0.05, 0.1) is 30.8 Å². The number of aromatic nitrogens is 5. The van der Waals surface area contributed by atoms with Gasteiger partial charge in [0.2, 0.25) is 0 Å². The van der Waals surface area contributed by atoms with Gasteiger partial charge >= 0.3 is 5.97 Å². The van der Waals surface area contributed by atoms with Gasteiger partial charge in [-0.1, -0.05) is 19.3 Å². The third kappa shape index (κ3) is 3.71. The number of methoxy groups -OCH3 is 1. The van der Waals surface area contributed by atoms with Gasteiger partial charge in [-0.05, 0) is 37.2 Å². The van der Waals surface area contributed by atoms with Crippen LogP contribution in [-0.2, 0) is 16.6 Å². The molecular weight excluding hydrogens is 430 g/mol. The number of esters is 1. The van der Waals surface area contributed by atoms with Crippen LogP contribution in [0, 0.1) is 23.0 Å². The summed E-state index contributed by atoms with van der Waals surface area (Å²) in [7, 11) is 3.07. The van der Waals surface area contributed by atoms with Gasteiger partial charge in [0.15, 0.2) is 23.1 Å². The highest BCUT2D eigenvalue weighted by Gasteiger charge is 2.50. The molecule has 2 fully saturated rings. The maximum Gasteiger partial charge on any atom is 0.310 e. The predicted molar refractivity (Wildman–Crippen MR) is 117 cm³/mol. The van der Waals surface area contributed by atoms with Crippen LogP contribution in [0.1, 0.15) is 44.9 Å². The molecule has 1 spiro atoms. The zero-order chi connectivity index (χ0) is 23.2. The molecule has 0 unspecified atom stereocenters. The van der Waals surface area contributed by atoms with E-state index in [1.807, 2.05) is 0 Å². The Morgan fingerprint density at radius 3 is 2.70 bits per heavy atom. The molecule has 0 saturated heterocycles. The number of aryl methyl sites for hydroxylation is 1. The molecule has 0 radical (unpaired) electrons. The number of pyridine rings is 1. The number of carbonyl (C=O) groups is 1. The van der Waals surface area contributed by atoms with E-state index in [0.717, 1.165) is 50.9 Å². The van der Waals surface area contributed by atoms with Crippen molar-refractivity contribution in [2.45, 2.75) is 51.0 Å². The lowest BCUT2D eigenvalue weighted by molar-refractivity contribution is -0.148. The summed E-state index contributed by atoms with van der Waals surface area (Å²) >= 11 is 0. The van der Waals surface area contributed by atoms with Gasteiger partial charge in [-0.2, -0.15) is 5.10 Å². The largest absolute Gasteiger partial charge is 0.469 e. The van der Waals surface area contributed by atoms with E-state index in [2.05, 4.69) is 25.4 Å². The van der Waals surface area contributed by atoms with Gasteiger partial charge in [-0.15, -0.1) is 0 Å². The molecule has 0 aromatic carbocycles. The van der Waals surface area contributed by atoms with Crippen LogP contribution >= 0.6 is 0 Å². The van der Waals surface area contributed by atoms with E-state index >= 15 is 0 Å². The molecule has 2 aliphatic carbocycles. The van der Waals surface area contributed by atoms with E-state index in [4.69, 9.17) is 4.74 Å². The Bertz CT molecular complexity index is 1210. The van der Waals surface area contributed by atoms with Gasteiger partial charge in [0.25, 0.3) is 0 Å². The van der Waals surface area contributed by atoms with Gasteiger partial charge in [-0.25, -0.2) is 28.4 Å². The number of nitrogens with zero attached hydrogens (tertiary/aromatic N) is 5. The van der Waals surface area contributed by atoms with E-state index in [1.54, 1.807) is 7.05 Å². The highest BCUT2D eigenvalue weighted by molar-refractivity contribution is 5.89. The minimum Gasteiger partial charge on any atom is -0.469 e. The number of carbonyl (C=O) groups excluding carboxylic acids is 1. The maximum absolute atomic E-state index is 14.9. The predicted octanol–water partition coefficient (Wildman–Crippen LogP) is 4.02. The molecule has 3 heterocycles. The summed E-state index contributed by atoms with van der Waals surface area (Å²) < 4.78 is 35.4. The van der Waals surface area contributed by atoms with Gasteiger partial charge in [0.1, 0.15) is 11.5 Å². The monoisotopic (exact) mass is 456 g/mol. The van der Waals surface area contributed by atoms with Crippen LogP contribution in [0.3, 0.4) is 0 Å². The molecule has 0 amide bonds. The van der Waals surface area contributed by atoms with Gasteiger partial charge in [-0.3, -0.25) is 4.79 Å². The smallest absolute Gasteiger partial charge is 0.310 e. The van der Waals surface area contributed by atoms with Crippen LogP contribution in [0.2, 0.25) is 0 Å². The Balaban J connectivity index is 1.55. The Labute approximate surface area is 189 Å². The molecule has 3 aromatic rings. The van der Waals surface area contributed by atoms with E-state index in [-0.39, 0.29) is 35.0 Å². The summed E-state index contributed by atoms with van der Waals surface area (Å²) in [4.78, 5) is 25.2. The first-order valence-electron chi connectivity index (χ1n) is 11.3. The number of fused-ring (bicyclic) bond motifs is 1. The van der Waals surface area contributed by atoms with E-state index in [9.17, 15) is 13.6 Å². The third-order valence-electron chi connectivity index (χ3n) is 7.25. The molecule has 3 aromatic heterocycles. The minimum atomic E-state index is -0.620. The SMILES string of the molecule is COC(=O)[C@H]1CCCC2(CCCC2)[C@@H]1Nc1nc(-c2nn(C)c3ncc(F)cc23)ncc1F. The highest BCUT2D eigenvalue weighted by Crippen LogP contribution is 2.52. The Morgan fingerprint density at radius 1 is 1.18 bits per heavy atom. The molecule has 2 aliphatic rings. The second kappa shape index (κ2) is 8.31. The first-order chi connectivity index (χ1) is 15.9. The van der Waals surface area contributed by atoms with Crippen LogP contribution in [0.15, 0.2) is 18.5 Å². The first kappa shape index (κ1) is 21.7. The molecule has 174 valence electrons. The average molecular weight is 456 g/mol. The van der Waals surface area contributed by atoms with Crippen LogP contribution in [0.5, 0.6) is 0 Å².